The fourth-order valence-electron chi connectivity index (χ4n) is 1.80. The third kappa shape index (κ3) is 2.43. The van der Waals surface area contributed by atoms with Gasteiger partial charge < -0.3 is 4.74 Å². The van der Waals surface area contributed by atoms with Gasteiger partial charge >= 0.3 is 0 Å². The van der Waals surface area contributed by atoms with Gasteiger partial charge in [-0.1, -0.05) is 24.4 Å². The lowest BCUT2D eigenvalue weighted by atomic mass is 10.0. The van der Waals surface area contributed by atoms with Crippen LogP contribution < -0.4 is 4.74 Å². The number of nitrogens with one attached hydrogen (secondary N) is 1. The molecule has 94 valence electrons. The van der Waals surface area contributed by atoms with Crippen LogP contribution in [0.5, 0.6) is 5.75 Å². The van der Waals surface area contributed by atoms with E-state index < -0.39 is 0 Å². The SMILES string of the molecule is CCOc1cccc(-c2n[nH]c(=S)c(C)c2C)c1. The van der Waals surface area contributed by atoms with Crippen LogP contribution >= 0.6 is 12.2 Å². The van der Waals surface area contributed by atoms with Crippen LogP contribution in [0.25, 0.3) is 11.3 Å². The van der Waals surface area contributed by atoms with Crippen molar-refractivity contribution in [2.75, 3.05) is 6.61 Å². The minimum Gasteiger partial charge on any atom is -0.494 e. The Morgan fingerprint density at radius 3 is 2.78 bits per heavy atom. The van der Waals surface area contributed by atoms with Gasteiger partial charge in [0.1, 0.15) is 10.4 Å². The summed E-state index contributed by atoms with van der Waals surface area (Å²) < 4.78 is 6.20. The second-order valence-electron chi connectivity index (χ2n) is 4.11. The summed E-state index contributed by atoms with van der Waals surface area (Å²) in [6.07, 6.45) is 0. The Balaban J connectivity index is 2.52. The lowest BCUT2D eigenvalue weighted by molar-refractivity contribution is 0.340. The lowest BCUT2D eigenvalue weighted by Crippen LogP contribution is -1.97. The highest BCUT2D eigenvalue weighted by Gasteiger charge is 2.08. The van der Waals surface area contributed by atoms with Crippen molar-refractivity contribution < 1.29 is 4.74 Å². The van der Waals surface area contributed by atoms with Crippen molar-refractivity contribution in [1.29, 1.82) is 0 Å². The molecule has 0 bridgehead atoms. The molecule has 0 atom stereocenters. The number of rotatable bonds is 3. The van der Waals surface area contributed by atoms with Crippen LogP contribution in [0.4, 0.5) is 0 Å². The number of nitrogens with zero attached hydrogens (tertiary/aromatic N) is 1. The summed E-state index contributed by atoms with van der Waals surface area (Å²) in [6, 6.07) is 7.93. The fraction of sp³-hybridized carbons (Fsp3) is 0.286. The molecule has 3 nitrogen and oxygen atoms in total. The summed E-state index contributed by atoms with van der Waals surface area (Å²) >= 11 is 5.17. The predicted molar refractivity (Wildman–Crippen MR) is 75.5 cm³/mol. The van der Waals surface area contributed by atoms with E-state index in [4.69, 9.17) is 17.0 Å². The third-order valence-corrected chi connectivity index (χ3v) is 3.34. The quantitative estimate of drug-likeness (QED) is 0.852. The molecule has 0 spiro atoms. The number of ether oxygens (including phenoxy) is 1. The van der Waals surface area contributed by atoms with E-state index >= 15 is 0 Å². The average Bonchev–Trinajstić information content (AvgIpc) is 2.37. The van der Waals surface area contributed by atoms with E-state index in [1.54, 1.807) is 0 Å². The highest BCUT2D eigenvalue weighted by molar-refractivity contribution is 7.71. The van der Waals surface area contributed by atoms with Crippen molar-refractivity contribution >= 4 is 12.2 Å². The van der Waals surface area contributed by atoms with Crippen molar-refractivity contribution in [3.63, 3.8) is 0 Å². The minimum absolute atomic E-state index is 0.659. The zero-order valence-corrected chi connectivity index (χ0v) is 11.6. The highest BCUT2D eigenvalue weighted by atomic mass is 32.1. The molecule has 18 heavy (non-hydrogen) atoms. The topological polar surface area (TPSA) is 37.9 Å². The number of aromatic nitrogens is 2. The lowest BCUT2D eigenvalue weighted by Gasteiger charge is -2.09. The summed E-state index contributed by atoms with van der Waals surface area (Å²) in [6.45, 7) is 6.67. The first-order valence-corrected chi connectivity index (χ1v) is 6.33. The Kier molecular flexibility index (Phi) is 3.77. The molecule has 0 fully saturated rings. The van der Waals surface area contributed by atoms with Crippen LogP contribution in [0, 0.1) is 18.5 Å². The van der Waals surface area contributed by atoms with E-state index in [0.29, 0.717) is 11.2 Å². The first-order valence-electron chi connectivity index (χ1n) is 5.92. The molecule has 0 saturated carbocycles. The van der Waals surface area contributed by atoms with Gasteiger partial charge in [0.2, 0.25) is 0 Å². The first kappa shape index (κ1) is 12.8. The van der Waals surface area contributed by atoms with Crippen LogP contribution in [-0.2, 0) is 0 Å². The molecular formula is C14H16N2OS. The smallest absolute Gasteiger partial charge is 0.122 e. The van der Waals surface area contributed by atoms with Crippen LogP contribution in [0.1, 0.15) is 18.1 Å². The molecule has 1 heterocycles. The van der Waals surface area contributed by atoms with Gasteiger partial charge in [-0.2, -0.15) is 5.10 Å². The fourth-order valence-corrected chi connectivity index (χ4v) is 2.00. The normalized spacial score (nSPS) is 10.4. The third-order valence-electron chi connectivity index (χ3n) is 2.95. The number of hydrogen-bond donors (Lipinski definition) is 1. The Morgan fingerprint density at radius 1 is 1.28 bits per heavy atom. The van der Waals surface area contributed by atoms with Crippen molar-refractivity contribution in [3.8, 4) is 17.0 Å². The summed E-state index contributed by atoms with van der Waals surface area (Å²) in [5, 5.41) is 7.21. The molecular weight excluding hydrogens is 244 g/mol. The highest BCUT2D eigenvalue weighted by Crippen LogP contribution is 2.26. The molecule has 0 aliphatic carbocycles. The summed E-state index contributed by atoms with van der Waals surface area (Å²) in [7, 11) is 0. The summed E-state index contributed by atoms with van der Waals surface area (Å²) in [5.41, 5.74) is 4.12. The molecule has 1 aromatic carbocycles. The molecule has 0 radical (unpaired) electrons. The molecule has 4 heteroatoms. The van der Waals surface area contributed by atoms with Crippen LogP contribution in [0.15, 0.2) is 24.3 Å². The first-order chi connectivity index (χ1) is 8.63. The number of aromatic amines is 1. The molecule has 0 unspecified atom stereocenters. The second kappa shape index (κ2) is 5.31. The predicted octanol–water partition coefficient (Wildman–Crippen LogP) is 3.82. The molecule has 2 aromatic rings. The van der Waals surface area contributed by atoms with Gasteiger partial charge in [0.05, 0.1) is 12.3 Å². The zero-order chi connectivity index (χ0) is 13.1. The van der Waals surface area contributed by atoms with E-state index in [9.17, 15) is 0 Å². The minimum atomic E-state index is 0.659. The van der Waals surface area contributed by atoms with Gasteiger partial charge in [0, 0.05) is 5.56 Å². The Bertz CT molecular complexity index is 619. The van der Waals surface area contributed by atoms with E-state index in [1.807, 2.05) is 45.0 Å². The molecule has 2 rings (SSSR count). The van der Waals surface area contributed by atoms with Crippen LogP contribution in [0.2, 0.25) is 0 Å². The Labute approximate surface area is 112 Å². The average molecular weight is 260 g/mol. The van der Waals surface area contributed by atoms with E-state index in [-0.39, 0.29) is 0 Å². The van der Waals surface area contributed by atoms with Crippen molar-refractivity contribution in [3.05, 3.63) is 40.0 Å². The zero-order valence-electron chi connectivity index (χ0n) is 10.8. The van der Waals surface area contributed by atoms with Gasteiger partial charge in [0.25, 0.3) is 0 Å². The maximum Gasteiger partial charge on any atom is 0.122 e. The number of H-pyrrole nitrogens is 1. The van der Waals surface area contributed by atoms with E-state index in [0.717, 1.165) is 28.1 Å². The second-order valence-corrected chi connectivity index (χ2v) is 4.52. The van der Waals surface area contributed by atoms with E-state index in [2.05, 4.69) is 10.2 Å². The number of hydrogen-bond acceptors (Lipinski definition) is 3. The van der Waals surface area contributed by atoms with E-state index in [1.165, 1.54) is 0 Å². The van der Waals surface area contributed by atoms with Crippen LogP contribution in [-0.4, -0.2) is 16.8 Å². The Hall–Kier alpha value is -1.68. The van der Waals surface area contributed by atoms with Gasteiger partial charge in [0.15, 0.2) is 0 Å². The summed E-state index contributed by atoms with van der Waals surface area (Å²) in [5.74, 6) is 0.858. The van der Waals surface area contributed by atoms with Gasteiger partial charge in [-0.3, -0.25) is 5.10 Å². The molecule has 1 aromatic heterocycles. The van der Waals surface area contributed by atoms with Gasteiger partial charge in [-0.05, 0) is 44.0 Å². The van der Waals surface area contributed by atoms with Crippen molar-refractivity contribution in [2.24, 2.45) is 0 Å². The summed E-state index contributed by atoms with van der Waals surface area (Å²) in [4.78, 5) is 0. The number of benzene rings is 1. The molecule has 0 aliphatic heterocycles. The van der Waals surface area contributed by atoms with Crippen molar-refractivity contribution in [1.82, 2.24) is 10.2 Å². The Morgan fingerprint density at radius 2 is 2.06 bits per heavy atom. The monoisotopic (exact) mass is 260 g/mol. The molecule has 0 saturated heterocycles. The molecule has 1 N–H and O–H groups in total. The maximum atomic E-state index is 5.50. The largest absolute Gasteiger partial charge is 0.494 e. The standard InChI is InChI=1S/C14H16N2OS/c1-4-17-12-7-5-6-11(8-12)13-9(2)10(3)14(18)16-15-13/h5-8H,4H2,1-3H3,(H,16,18). The molecule has 0 amide bonds. The van der Waals surface area contributed by atoms with Crippen LogP contribution in [0.3, 0.4) is 0 Å². The molecule has 0 aliphatic rings. The maximum absolute atomic E-state index is 5.50. The van der Waals surface area contributed by atoms with Gasteiger partial charge in [-0.25, -0.2) is 0 Å². The van der Waals surface area contributed by atoms with Crippen molar-refractivity contribution in [2.45, 2.75) is 20.8 Å². The van der Waals surface area contributed by atoms with Gasteiger partial charge in [-0.15, -0.1) is 0 Å².